The molecular weight excluding hydrogens is 399 g/mol. The number of fused-ring (bicyclic) bond motifs is 1. The third-order valence-corrected chi connectivity index (χ3v) is 4.40. The second-order valence-corrected chi connectivity index (χ2v) is 6.40. The molecule has 28 heavy (non-hydrogen) atoms. The largest absolute Gasteiger partial charge is 0.327 e. The zero-order valence-corrected chi connectivity index (χ0v) is 18.2. The molecule has 158 valence electrons. The summed E-state index contributed by atoms with van der Waals surface area (Å²) >= 11 is 0. The molecule has 8 heteroatoms. The van der Waals surface area contributed by atoms with Crippen molar-refractivity contribution in [3.05, 3.63) is 35.7 Å². The number of halogens is 2. The number of amides is 1. The van der Waals surface area contributed by atoms with Crippen LogP contribution in [0.2, 0.25) is 0 Å². The van der Waals surface area contributed by atoms with Crippen molar-refractivity contribution in [2.45, 2.75) is 52.5 Å². The van der Waals surface area contributed by atoms with E-state index in [-0.39, 0.29) is 24.8 Å². The number of nitrogens with zero attached hydrogens (tertiary/aromatic N) is 2. The Balaban J connectivity index is 0.00000364. The average molecular weight is 431 g/mol. The summed E-state index contributed by atoms with van der Waals surface area (Å²) in [4.78, 5) is 16.0. The number of carbonyl (C=O) groups is 1. The molecule has 0 fully saturated rings. The normalized spacial score (nSPS) is 10.7. The van der Waals surface area contributed by atoms with Gasteiger partial charge in [0.2, 0.25) is 0 Å². The van der Waals surface area contributed by atoms with E-state index in [1.54, 1.807) is 11.6 Å². The van der Waals surface area contributed by atoms with E-state index in [1.165, 1.54) is 25.3 Å². The summed E-state index contributed by atoms with van der Waals surface area (Å²) in [5.74, 6) is 0.584. The van der Waals surface area contributed by atoms with E-state index in [0.717, 1.165) is 54.9 Å². The Labute approximate surface area is 179 Å². The molecule has 6 nitrogen and oxygen atoms in total. The Kier molecular flexibility index (Phi) is 13.6. The molecule has 0 spiro atoms. The average Bonchev–Trinajstić information content (AvgIpc) is 3.00. The van der Waals surface area contributed by atoms with E-state index in [9.17, 15) is 4.79 Å². The van der Waals surface area contributed by atoms with E-state index < -0.39 is 5.91 Å². The Morgan fingerprint density at radius 2 is 2.00 bits per heavy atom. The molecule has 1 heterocycles. The van der Waals surface area contributed by atoms with Crippen LogP contribution in [-0.2, 0) is 17.8 Å². The summed E-state index contributed by atoms with van der Waals surface area (Å²) in [6.07, 6.45) is 8.84. The number of aromatic nitrogens is 2. The quantitative estimate of drug-likeness (QED) is 0.216. The fourth-order valence-electron chi connectivity index (χ4n) is 3.03. The van der Waals surface area contributed by atoms with Crippen molar-refractivity contribution < 1.29 is 10.0 Å². The molecule has 0 aliphatic carbocycles. The minimum atomic E-state index is -0.544. The zero-order valence-electron chi connectivity index (χ0n) is 16.6. The Morgan fingerprint density at radius 1 is 1.21 bits per heavy atom. The lowest BCUT2D eigenvalue weighted by Gasteiger charge is -2.09. The standard InChI is InChI=1S/C20H30N4O2.2ClH/c1-3-5-6-7-8-19-22-17-15-16(10-12-20(25)23-26)9-11-18(17)24(19)14-13-21-4-2;;/h9-12,15,21,26H,3-8,13-14H2,1-2H3,(H,23,25);2*1H/b12-10+;;. The van der Waals surface area contributed by atoms with Crippen molar-refractivity contribution in [3.63, 3.8) is 0 Å². The van der Waals surface area contributed by atoms with Crippen LogP contribution in [0.25, 0.3) is 17.1 Å². The van der Waals surface area contributed by atoms with E-state index >= 15 is 0 Å². The Hall–Kier alpha value is -1.60. The van der Waals surface area contributed by atoms with Crippen LogP contribution in [0.5, 0.6) is 0 Å². The molecule has 0 aliphatic rings. The molecule has 0 radical (unpaired) electrons. The molecule has 2 aromatic rings. The fourth-order valence-corrected chi connectivity index (χ4v) is 3.03. The van der Waals surface area contributed by atoms with Gasteiger partial charge in [-0.2, -0.15) is 0 Å². The van der Waals surface area contributed by atoms with Crippen molar-refractivity contribution >= 4 is 47.8 Å². The second kappa shape index (κ2) is 14.4. The predicted molar refractivity (Wildman–Crippen MR) is 120 cm³/mol. The minimum absolute atomic E-state index is 0. The van der Waals surface area contributed by atoms with Crippen LogP contribution in [0.4, 0.5) is 0 Å². The smallest absolute Gasteiger partial charge is 0.267 e. The van der Waals surface area contributed by atoms with Crippen molar-refractivity contribution in [1.82, 2.24) is 20.3 Å². The number of hydrogen-bond acceptors (Lipinski definition) is 4. The molecule has 1 amide bonds. The number of unbranched alkanes of at least 4 members (excludes halogenated alkanes) is 3. The molecule has 0 saturated heterocycles. The van der Waals surface area contributed by atoms with Gasteiger partial charge in [0.15, 0.2) is 0 Å². The van der Waals surface area contributed by atoms with Gasteiger partial charge < -0.3 is 9.88 Å². The first-order valence-corrected chi connectivity index (χ1v) is 9.51. The lowest BCUT2D eigenvalue weighted by Crippen LogP contribution is -2.20. The summed E-state index contributed by atoms with van der Waals surface area (Å²) in [5.41, 5.74) is 4.55. The van der Waals surface area contributed by atoms with E-state index in [2.05, 4.69) is 29.8 Å². The highest BCUT2D eigenvalue weighted by atomic mass is 35.5. The lowest BCUT2D eigenvalue weighted by atomic mass is 10.1. The van der Waals surface area contributed by atoms with Crippen LogP contribution in [0, 0.1) is 0 Å². The molecular formula is C20H32Cl2N4O2. The minimum Gasteiger partial charge on any atom is -0.327 e. The number of aryl methyl sites for hydroxylation is 1. The maximum atomic E-state index is 11.2. The van der Waals surface area contributed by atoms with Crippen LogP contribution in [-0.4, -0.2) is 33.8 Å². The number of nitrogens with one attached hydrogen (secondary N) is 2. The Bertz CT molecular complexity index is 747. The topological polar surface area (TPSA) is 79.2 Å². The first-order valence-electron chi connectivity index (χ1n) is 9.51. The predicted octanol–water partition coefficient (Wildman–Crippen LogP) is 4.13. The second-order valence-electron chi connectivity index (χ2n) is 6.40. The van der Waals surface area contributed by atoms with E-state index in [4.69, 9.17) is 10.2 Å². The maximum absolute atomic E-state index is 11.2. The summed E-state index contributed by atoms with van der Waals surface area (Å²) in [5, 5.41) is 12.0. The Morgan fingerprint density at radius 3 is 2.68 bits per heavy atom. The van der Waals surface area contributed by atoms with Gasteiger partial charge >= 0.3 is 0 Å². The molecule has 0 bridgehead atoms. The van der Waals surface area contributed by atoms with Gasteiger partial charge in [-0.25, -0.2) is 10.5 Å². The highest BCUT2D eigenvalue weighted by Gasteiger charge is 2.10. The molecule has 1 aromatic carbocycles. The number of likely N-dealkylation sites (N-methyl/N-ethyl adjacent to an activating group) is 1. The summed E-state index contributed by atoms with van der Waals surface area (Å²) < 4.78 is 2.30. The molecule has 0 saturated carbocycles. The van der Waals surface area contributed by atoms with Gasteiger partial charge in [0.1, 0.15) is 5.82 Å². The molecule has 0 atom stereocenters. The maximum Gasteiger partial charge on any atom is 0.267 e. The number of rotatable bonds is 11. The third-order valence-electron chi connectivity index (χ3n) is 4.40. The summed E-state index contributed by atoms with van der Waals surface area (Å²) in [6, 6.07) is 6.01. The first-order chi connectivity index (χ1) is 12.7. The van der Waals surface area contributed by atoms with Crippen LogP contribution in [0.3, 0.4) is 0 Å². The van der Waals surface area contributed by atoms with E-state index in [0.29, 0.717) is 0 Å². The SMILES string of the molecule is CCCCCCc1nc2cc(/C=C/C(=O)NO)ccc2n1CCNCC.Cl.Cl. The number of benzene rings is 1. The van der Waals surface area contributed by atoms with Gasteiger partial charge in [-0.15, -0.1) is 24.8 Å². The van der Waals surface area contributed by atoms with Crippen molar-refractivity contribution in [2.24, 2.45) is 0 Å². The van der Waals surface area contributed by atoms with Crippen molar-refractivity contribution in [1.29, 1.82) is 0 Å². The van der Waals surface area contributed by atoms with Gasteiger partial charge in [-0.3, -0.25) is 10.0 Å². The van der Waals surface area contributed by atoms with Gasteiger partial charge in [0, 0.05) is 25.6 Å². The molecule has 3 N–H and O–H groups in total. The van der Waals surface area contributed by atoms with Crippen LogP contribution in [0.1, 0.15) is 50.9 Å². The number of carbonyl (C=O) groups excluding carboxylic acids is 1. The highest BCUT2D eigenvalue weighted by molar-refractivity contribution is 5.91. The number of hydrogen-bond donors (Lipinski definition) is 3. The van der Waals surface area contributed by atoms with Gasteiger partial charge in [-0.1, -0.05) is 39.2 Å². The lowest BCUT2D eigenvalue weighted by molar-refractivity contribution is -0.124. The van der Waals surface area contributed by atoms with Gasteiger partial charge in [-0.05, 0) is 36.7 Å². The molecule has 0 aliphatic heterocycles. The zero-order chi connectivity index (χ0) is 18.8. The summed E-state index contributed by atoms with van der Waals surface area (Å²) in [7, 11) is 0. The van der Waals surface area contributed by atoms with Crippen molar-refractivity contribution in [2.75, 3.05) is 13.1 Å². The first kappa shape index (κ1) is 26.4. The monoisotopic (exact) mass is 430 g/mol. The number of hydroxylamine groups is 1. The van der Waals surface area contributed by atoms with Crippen LogP contribution in [0.15, 0.2) is 24.3 Å². The highest BCUT2D eigenvalue weighted by Crippen LogP contribution is 2.20. The summed E-state index contributed by atoms with van der Waals surface area (Å²) in [6.45, 7) is 7.11. The van der Waals surface area contributed by atoms with E-state index in [1.807, 2.05) is 12.1 Å². The van der Waals surface area contributed by atoms with Crippen molar-refractivity contribution in [3.8, 4) is 0 Å². The van der Waals surface area contributed by atoms with Crippen LogP contribution >= 0.6 is 24.8 Å². The molecule has 1 aromatic heterocycles. The number of imidazole rings is 1. The van der Waals surface area contributed by atoms with Gasteiger partial charge in [0.25, 0.3) is 5.91 Å². The molecule has 0 unspecified atom stereocenters. The third kappa shape index (κ3) is 7.80. The molecule has 2 rings (SSSR count). The van der Waals surface area contributed by atoms with Crippen LogP contribution < -0.4 is 10.8 Å². The van der Waals surface area contributed by atoms with Gasteiger partial charge in [0.05, 0.1) is 11.0 Å². The fraction of sp³-hybridized carbons (Fsp3) is 0.500.